The molecule has 1 heterocycles. The topological polar surface area (TPSA) is 67.1 Å². The van der Waals surface area contributed by atoms with E-state index < -0.39 is 0 Å². The lowest BCUT2D eigenvalue weighted by molar-refractivity contribution is 0.593. The molecule has 1 fully saturated rings. The third kappa shape index (κ3) is 5.16. The van der Waals surface area contributed by atoms with Crippen LogP contribution in [-0.4, -0.2) is 39.9 Å². The number of hydrogen-bond acceptors (Lipinski definition) is 3. The molecule has 1 aromatic rings. The van der Waals surface area contributed by atoms with Gasteiger partial charge < -0.3 is 15.2 Å². The molecular weight excluding hydrogens is 276 g/mol. The maximum Gasteiger partial charge on any atom is 0.191 e. The standard InChI is InChI=1S/C16H28N6/c1-4-15-21-19-12-22(15)10-9-17-16(18-11-13(2)3)20-14-7-5-6-8-14/h12,14H,2,4-11H2,1,3H3,(H2,17,18,20). The number of rotatable bonds is 7. The Labute approximate surface area is 133 Å². The van der Waals surface area contributed by atoms with E-state index in [1.807, 2.05) is 6.92 Å². The largest absolute Gasteiger partial charge is 0.355 e. The molecule has 6 nitrogen and oxygen atoms in total. The van der Waals surface area contributed by atoms with Crippen LogP contribution in [0, 0.1) is 0 Å². The summed E-state index contributed by atoms with van der Waals surface area (Å²) in [5, 5.41) is 15.0. The third-order valence-electron chi connectivity index (χ3n) is 3.86. The van der Waals surface area contributed by atoms with Crippen LogP contribution >= 0.6 is 0 Å². The zero-order valence-corrected chi connectivity index (χ0v) is 13.8. The third-order valence-corrected chi connectivity index (χ3v) is 3.86. The first-order chi connectivity index (χ1) is 10.7. The maximum atomic E-state index is 4.60. The lowest BCUT2D eigenvalue weighted by atomic mass is 10.2. The van der Waals surface area contributed by atoms with Gasteiger partial charge in [-0.1, -0.05) is 31.9 Å². The monoisotopic (exact) mass is 304 g/mol. The van der Waals surface area contributed by atoms with Crippen molar-refractivity contribution in [3.63, 3.8) is 0 Å². The average Bonchev–Trinajstić information content (AvgIpc) is 3.15. The summed E-state index contributed by atoms with van der Waals surface area (Å²) in [5.41, 5.74) is 1.07. The number of aryl methyl sites for hydroxylation is 1. The van der Waals surface area contributed by atoms with Crippen molar-refractivity contribution in [2.24, 2.45) is 4.99 Å². The summed E-state index contributed by atoms with van der Waals surface area (Å²) < 4.78 is 2.08. The minimum absolute atomic E-state index is 0.553. The van der Waals surface area contributed by atoms with Crippen molar-refractivity contribution < 1.29 is 0 Å². The highest BCUT2D eigenvalue weighted by atomic mass is 15.3. The quantitative estimate of drug-likeness (QED) is 0.459. The second-order valence-electron chi connectivity index (χ2n) is 5.97. The summed E-state index contributed by atoms with van der Waals surface area (Å²) in [6, 6.07) is 0.553. The van der Waals surface area contributed by atoms with Crippen molar-refractivity contribution in [2.75, 3.05) is 13.1 Å². The molecule has 22 heavy (non-hydrogen) atoms. The Morgan fingerprint density at radius 3 is 2.91 bits per heavy atom. The molecule has 1 saturated carbocycles. The molecule has 1 aromatic heterocycles. The molecule has 0 aliphatic heterocycles. The second-order valence-corrected chi connectivity index (χ2v) is 5.97. The Hall–Kier alpha value is -1.85. The number of nitrogens with one attached hydrogen (secondary N) is 2. The normalized spacial score (nSPS) is 16.0. The minimum atomic E-state index is 0.553. The van der Waals surface area contributed by atoms with E-state index in [1.54, 1.807) is 6.33 Å². The zero-order chi connectivity index (χ0) is 15.8. The molecule has 1 aliphatic carbocycles. The highest BCUT2D eigenvalue weighted by Gasteiger charge is 2.16. The number of aromatic nitrogens is 3. The maximum absolute atomic E-state index is 4.60. The van der Waals surface area contributed by atoms with Crippen LogP contribution in [0.3, 0.4) is 0 Å². The molecular formula is C16H28N6. The van der Waals surface area contributed by atoms with E-state index in [1.165, 1.54) is 25.7 Å². The Morgan fingerprint density at radius 2 is 2.23 bits per heavy atom. The summed E-state index contributed by atoms with van der Waals surface area (Å²) >= 11 is 0. The first-order valence-electron chi connectivity index (χ1n) is 8.25. The van der Waals surface area contributed by atoms with Crippen LogP contribution in [0.2, 0.25) is 0 Å². The van der Waals surface area contributed by atoms with Crippen LogP contribution in [0.5, 0.6) is 0 Å². The zero-order valence-electron chi connectivity index (χ0n) is 13.8. The van der Waals surface area contributed by atoms with E-state index in [0.717, 1.165) is 36.9 Å². The molecule has 6 heteroatoms. The molecule has 0 radical (unpaired) electrons. The summed E-state index contributed by atoms with van der Waals surface area (Å²) in [7, 11) is 0. The van der Waals surface area contributed by atoms with E-state index in [4.69, 9.17) is 0 Å². The molecule has 0 amide bonds. The van der Waals surface area contributed by atoms with Gasteiger partial charge in [0.25, 0.3) is 0 Å². The lowest BCUT2D eigenvalue weighted by Gasteiger charge is -2.17. The summed E-state index contributed by atoms with van der Waals surface area (Å²) in [6.45, 7) is 10.3. The Kier molecular flexibility index (Phi) is 6.43. The average molecular weight is 304 g/mol. The summed E-state index contributed by atoms with van der Waals surface area (Å²) in [5.74, 6) is 1.91. The number of guanidine groups is 1. The minimum Gasteiger partial charge on any atom is -0.355 e. The van der Waals surface area contributed by atoms with E-state index in [9.17, 15) is 0 Å². The van der Waals surface area contributed by atoms with Crippen molar-refractivity contribution in [1.82, 2.24) is 25.4 Å². The van der Waals surface area contributed by atoms with Gasteiger partial charge in [-0.15, -0.1) is 10.2 Å². The number of nitrogens with zero attached hydrogens (tertiary/aromatic N) is 4. The predicted octanol–water partition coefficient (Wildman–Crippen LogP) is 1.89. The fraction of sp³-hybridized carbons (Fsp3) is 0.688. The first-order valence-corrected chi connectivity index (χ1v) is 8.25. The van der Waals surface area contributed by atoms with Crippen molar-refractivity contribution in [3.8, 4) is 0 Å². The van der Waals surface area contributed by atoms with Crippen LogP contribution in [-0.2, 0) is 13.0 Å². The molecule has 0 aromatic carbocycles. The molecule has 0 saturated heterocycles. The van der Waals surface area contributed by atoms with Crippen molar-refractivity contribution in [1.29, 1.82) is 0 Å². The molecule has 0 spiro atoms. The van der Waals surface area contributed by atoms with Gasteiger partial charge in [-0.3, -0.25) is 0 Å². The fourth-order valence-corrected chi connectivity index (χ4v) is 2.66. The van der Waals surface area contributed by atoms with Gasteiger partial charge in [-0.25, -0.2) is 4.99 Å². The Bertz CT molecular complexity index is 498. The number of hydrogen-bond donors (Lipinski definition) is 2. The van der Waals surface area contributed by atoms with Crippen molar-refractivity contribution in [2.45, 2.75) is 58.5 Å². The van der Waals surface area contributed by atoms with Gasteiger partial charge in [0.15, 0.2) is 5.96 Å². The summed E-state index contributed by atoms with van der Waals surface area (Å²) in [6.07, 6.45) is 7.78. The van der Waals surface area contributed by atoms with E-state index in [-0.39, 0.29) is 0 Å². The Morgan fingerprint density at radius 1 is 1.45 bits per heavy atom. The van der Waals surface area contributed by atoms with Crippen LogP contribution in [0.4, 0.5) is 0 Å². The Balaban J connectivity index is 1.85. The van der Waals surface area contributed by atoms with Gasteiger partial charge in [0, 0.05) is 25.6 Å². The van der Waals surface area contributed by atoms with Gasteiger partial charge in [0.1, 0.15) is 12.2 Å². The molecule has 0 bridgehead atoms. The van der Waals surface area contributed by atoms with Crippen molar-refractivity contribution in [3.05, 3.63) is 24.3 Å². The second kappa shape index (κ2) is 8.56. The van der Waals surface area contributed by atoms with Gasteiger partial charge in [-0.05, 0) is 19.8 Å². The van der Waals surface area contributed by atoms with Gasteiger partial charge >= 0.3 is 0 Å². The van der Waals surface area contributed by atoms with Crippen molar-refractivity contribution >= 4 is 5.96 Å². The van der Waals surface area contributed by atoms with Crippen LogP contribution in [0.15, 0.2) is 23.5 Å². The molecule has 0 atom stereocenters. The van der Waals surface area contributed by atoms with Gasteiger partial charge in [-0.2, -0.15) is 0 Å². The fourth-order valence-electron chi connectivity index (χ4n) is 2.66. The van der Waals surface area contributed by atoms with E-state index in [2.05, 4.69) is 43.9 Å². The molecule has 122 valence electrons. The molecule has 1 aliphatic rings. The smallest absolute Gasteiger partial charge is 0.191 e. The van der Waals surface area contributed by atoms with Crippen LogP contribution < -0.4 is 10.6 Å². The van der Waals surface area contributed by atoms with Crippen LogP contribution in [0.1, 0.15) is 45.4 Å². The SMILES string of the molecule is C=C(C)CN=C(NCCn1cnnc1CC)NC1CCCC1. The number of aliphatic imine (C=N–C) groups is 1. The van der Waals surface area contributed by atoms with E-state index >= 15 is 0 Å². The molecule has 0 unspecified atom stereocenters. The van der Waals surface area contributed by atoms with Gasteiger partial charge in [0.05, 0.1) is 6.54 Å². The first kappa shape index (κ1) is 16.5. The molecule has 2 N–H and O–H groups in total. The van der Waals surface area contributed by atoms with Gasteiger partial charge in [0.2, 0.25) is 0 Å². The molecule has 2 rings (SSSR count). The lowest BCUT2D eigenvalue weighted by Crippen LogP contribution is -2.43. The van der Waals surface area contributed by atoms with Crippen LogP contribution in [0.25, 0.3) is 0 Å². The summed E-state index contributed by atoms with van der Waals surface area (Å²) in [4.78, 5) is 4.60. The highest BCUT2D eigenvalue weighted by molar-refractivity contribution is 5.80. The predicted molar refractivity (Wildman–Crippen MR) is 89.9 cm³/mol. The highest BCUT2D eigenvalue weighted by Crippen LogP contribution is 2.17. The van der Waals surface area contributed by atoms with E-state index in [0.29, 0.717) is 12.6 Å².